The summed E-state index contributed by atoms with van der Waals surface area (Å²) in [4.78, 5) is 4.93. The average Bonchev–Trinajstić information content (AvgIpc) is 2.80. The summed E-state index contributed by atoms with van der Waals surface area (Å²) in [6.07, 6.45) is 4.99. The molecule has 2 unspecified atom stereocenters. The number of halogens is 1. The fourth-order valence-corrected chi connectivity index (χ4v) is 3.37. The van der Waals surface area contributed by atoms with Crippen LogP contribution in [0.4, 0.5) is 10.1 Å². The molecule has 0 aliphatic heterocycles. The highest BCUT2D eigenvalue weighted by Crippen LogP contribution is 2.34. The Bertz CT molecular complexity index is 625. The van der Waals surface area contributed by atoms with Gasteiger partial charge in [-0.1, -0.05) is 26.5 Å². The van der Waals surface area contributed by atoms with Gasteiger partial charge in [-0.25, -0.2) is 4.39 Å². The molecule has 0 heterocycles. The lowest BCUT2D eigenvalue weighted by Gasteiger charge is -2.14. The molecule has 0 amide bonds. The summed E-state index contributed by atoms with van der Waals surface area (Å²) in [5.41, 5.74) is 5.42. The Labute approximate surface area is 133 Å². The molecule has 22 heavy (non-hydrogen) atoms. The molecule has 0 saturated heterocycles. The second-order valence-corrected chi connectivity index (χ2v) is 6.41. The minimum absolute atomic E-state index is 0.412. The van der Waals surface area contributed by atoms with Crippen LogP contribution >= 0.6 is 0 Å². The normalized spacial score (nSPS) is 24.0. The van der Waals surface area contributed by atoms with Crippen LogP contribution in [0, 0.1) is 18.8 Å². The molecule has 1 saturated carbocycles. The van der Waals surface area contributed by atoms with Crippen molar-refractivity contribution < 1.29 is 4.39 Å². The molecule has 1 nitrogen and oxygen atoms in total. The second kappa shape index (κ2) is 7.04. The zero-order chi connectivity index (χ0) is 16.3. The fourth-order valence-electron chi connectivity index (χ4n) is 3.37. The maximum absolute atomic E-state index is 12.9. The molecule has 2 rings (SSSR count). The Hall–Kier alpha value is -1.70. The SMILES string of the molecule is C=C(F)/C=C(\C)c1ccc(/N=C2/CCC(C)C2CC)c(C)c1. The predicted molar refractivity (Wildman–Crippen MR) is 94.4 cm³/mol. The maximum atomic E-state index is 12.9. The highest BCUT2D eigenvalue weighted by molar-refractivity contribution is 5.91. The van der Waals surface area contributed by atoms with E-state index in [1.54, 1.807) is 0 Å². The summed E-state index contributed by atoms with van der Waals surface area (Å²) in [6.45, 7) is 11.8. The van der Waals surface area contributed by atoms with Crippen LogP contribution < -0.4 is 0 Å². The van der Waals surface area contributed by atoms with Crippen molar-refractivity contribution in [3.05, 3.63) is 47.8 Å². The van der Waals surface area contributed by atoms with Crippen molar-refractivity contribution in [2.75, 3.05) is 0 Å². The van der Waals surface area contributed by atoms with Gasteiger partial charge < -0.3 is 0 Å². The average molecular weight is 299 g/mol. The van der Waals surface area contributed by atoms with E-state index in [4.69, 9.17) is 4.99 Å². The number of nitrogens with zero attached hydrogens (tertiary/aromatic N) is 1. The molecule has 2 atom stereocenters. The molecular formula is C20H26FN. The number of allylic oxidation sites excluding steroid dienone is 3. The number of rotatable bonds is 4. The van der Waals surface area contributed by atoms with Gasteiger partial charge in [0.2, 0.25) is 0 Å². The fraction of sp³-hybridized carbons (Fsp3) is 0.450. The third-order valence-corrected chi connectivity index (χ3v) is 4.70. The highest BCUT2D eigenvalue weighted by atomic mass is 19.1. The molecule has 1 aliphatic rings. The molecule has 0 spiro atoms. The van der Waals surface area contributed by atoms with Crippen LogP contribution in [0.5, 0.6) is 0 Å². The summed E-state index contributed by atoms with van der Waals surface area (Å²) in [6, 6.07) is 6.14. The summed E-state index contributed by atoms with van der Waals surface area (Å²) < 4.78 is 12.9. The molecule has 1 aromatic rings. The van der Waals surface area contributed by atoms with Gasteiger partial charge in [0, 0.05) is 5.71 Å². The molecule has 1 fully saturated rings. The molecule has 0 radical (unpaired) electrons. The van der Waals surface area contributed by atoms with Crippen molar-refractivity contribution in [3.63, 3.8) is 0 Å². The van der Waals surface area contributed by atoms with Crippen molar-refractivity contribution >= 4 is 17.0 Å². The number of benzene rings is 1. The first kappa shape index (κ1) is 16.7. The minimum atomic E-state index is -0.412. The number of aliphatic imine (C=N–C) groups is 1. The number of hydrogen-bond donors (Lipinski definition) is 0. The smallest absolute Gasteiger partial charge is 0.116 e. The van der Waals surface area contributed by atoms with Crippen LogP contribution in [0.1, 0.15) is 51.2 Å². The van der Waals surface area contributed by atoms with E-state index in [1.807, 2.05) is 19.1 Å². The number of hydrogen-bond acceptors (Lipinski definition) is 1. The molecular weight excluding hydrogens is 273 g/mol. The van der Waals surface area contributed by atoms with E-state index in [2.05, 4.69) is 33.4 Å². The second-order valence-electron chi connectivity index (χ2n) is 6.41. The standard InChI is InChI=1S/C20H26FN/c1-6-18-13(2)7-9-20(18)22-19-10-8-17(12-15(19)4)14(3)11-16(5)21/h8,10-13,18H,5-7,9H2,1-4H3/b14-11+,22-20-. The van der Waals surface area contributed by atoms with Crippen LogP contribution in [0.15, 0.2) is 41.7 Å². The van der Waals surface area contributed by atoms with Crippen LogP contribution in [-0.2, 0) is 0 Å². The largest absolute Gasteiger partial charge is 0.257 e. The van der Waals surface area contributed by atoms with Gasteiger partial charge in [-0.3, -0.25) is 4.99 Å². The van der Waals surface area contributed by atoms with E-state index in [1.165, 1.54) is 18.2 Å². The Kier molecular flexibility index (Phi) is 5.33. The molecule has 118 valence electrons. The van der Waals surface area contributed by atoms with Crippen molar-refractivity contribution in [1.29, 1.82) is 0 Å². The Morgan fingerprint density at radius 3 is 2.77 bits per heavy atom. The number of aryl methyl sites for hydroxylation is 1. The van der Waals surface area contributed by atoms with Gasteiger partial charge in [0.05, 0.1) is 5.69 Å². The van der Waals surface area contributed by atoms with Crippen LogP contribution in [0.25, 0.3) is 5.57 Å². The molecule has 0 aromatic heterocycles. The van der Waals surface area contributed by atoms with E-state index < -0.39 is 5.83 Å². The Balaban J connectivity index is 2.29. The predicted octanol–water partition coefficient (Wildman–Crippen LogP) is 6.41. The Morgan fingerprint density at radius 1 is 1.45 bits per heavy atom. The van der Waals surface area contributed by atoms with Gasteiger partial charge in [0.15, 0.2) is 0 Å². The van der Waals surface area contributed by atoms with Gasteiger partial charge in [0.25, 0.3) is 0 Å². The zero-order valence-electron chi connectivity index (χ0n) is 14.1. The summed E-state index contributed by atoms with van der Waals surface area (Å²) in [5, 5.41) is 0. The first-order valence-corrected chi connectivity index (χ1v) is 8.13. The molecule has 0 N–H and O–H groups in total. The van der Waals surface area contributed by atoms with E-state index in [0.717, 1.165) is 41.1 Å². The lowest BCUT2D eigenvalue weighted by atomic mass is 9.94. The van der Waals surface area contributed by atoms with Crippen LogP contribution in [0.3, 0.4) is 0 Å². The first-order chi connectivity index (χ1) is 10.4. The van der Waals surface area contributed by atoms with Gasteiger partial charge in [-0.2, -0.15) is 0 Å². The Morgan fingerprint density at radius 2 is 2.18 bits per heavy atom. The van der Waals surface area contributed by atoms with E-state index in [0.29, 0.717) is 5.92 Å². The minimum Gasteiger partial charge on any atom is -0.257 e. The molecule has 1 aromatic carbocycles. The van der Waals surface area contributed by atoms with Gasteiger partial charge in [0.1, 0.15) is 5.83 Å². The topological polar surface area (TPSA) is 12.4 Å². The lowest BCUT2D eigenvalue weighted by molar-refractivity contribution is 0.468. The van der Waals surface area contributed by atoms with E-state index in [-0.39, 0.29) is 0 Å². The molecule has 0 bridgehead atoms. The summed E-state index contributed by atoms with van der Waals surface area (Å²) >= 11 is 0. The first-order valence-electron chi connectivity index (χ1n) is 8.13. The summed E-state index contributed by atoms with van der Waals surface area (Å²) in [5.74, 6) is 0.949. The zero-order valence-corrected chi connectivity index (χ0v) is 14.1. The van der Waals surface area contributed by atoms with Crippen molar-refractivity contribution in [2.45, 2.75) is 47.0 Å². The third-order valence-electron chi connectivity index (χ3n) is 4.70. The monoisotopic (exact) mass is 299 g/mol. The lowest BCUT2D eigenvalue weighted by Crippen LogP contribution is -2.11. The van der Waals surface area contributed by atoms with Crippen LogP contribution in [-0.4, -0.2) is 5.71 Å². The maximum Gasteiger partial charge on any atom is 0.116 e. The van der Waals surface area contributed by atoms with E-state index in [9.17, 15) is 4.39 Å². The highest BCUT2D eigenvalue weighted by Gasteiger charge is 2.28. The van der Waals surface area contributed by atoms with Gasteiger partial charge in [-0.15, -0.1) is 0 Å². The van der Waals surface area contributed by atoms with Crippen LogP contribution in [0.2, 0.25) is 0 Å². The quantitative estimate of drug-likeness (QED) is 0.570. The van der Waals surface area contributed by atoms with Gasteiger partial charge in [-0.05, 0) is 79.9 Å². The molecule has 2 heteroatoms. The van der Waals surface area contributed by atoms with E-state index >= 15 is 0 Å². The third kappa shape index (κ3) is 3.73. The van der Waals surface area contributed by atoms with Gasteiger partial charge >= 0.3 is 0 Å². The van der Waals surface area contributed by atoms with Crippen molar-refractivity contribution in [1.82, 2.24) is 0 Å². The molecule has 1 aliphatic carbocycles. The van der Waals surface area contributed by atoms with Crippen molar-refractivity contribution in [3.8, 4) is 0 Å². The van der Waals surface area contributed by atoms with Crippen molar-refractivity contribution in [2.24, 2.45) is 16.8 Å². The summed E-state index contributed by atoms with van der Waals surface area (Å²) in [7, 11) is 0.